The maximum atomic E-state index is 12.2. The summed E-state index contributed by atoms with van der Waals surface area (Å²) in [5.41, 5.74) is 1.35. The molecular weight excluding hydrogens is 342 g/mol. The Morgan fingerprint density at radius 1 is 1.19 bits per heavy atom. The van der Waals surface area contributed by atoms with Crippen LogP contribution in [0, 0.1) is 5.92 Å². The Balaban J connectivity index is 1.46. The van der Waals surface area contributed by atoms with Crippen molar-refractivity contribution in [2.24, 2.45) is 5.92 Å². The third kappa shape index (κ3) is 5.84. The van der Waals surface area contributed by atoms with Gasteiger partial charge in [-0.2, -0.15) is 5.10 Å². The van der Waals surface area contributed by atoms with Gasteiger partial charge in [-0.05, 0) is 50.5 Å². The highest BCUT2D eigenvalue weighted by molar-refractivity contribution is 5.94. The van der Waals surface area contributed by atoms with Crippen LogP contribution < -0.4 is 16.0 Å². The second-order valence-electron chi connectivity index (χ2n) is 7.11. The lowest BCUT2D eigenvalue weighted by molar-refractivity contribution is -0.119. The molecule has 1 fully saturated rings. The number of nitrogens with one attached hydrogen (secondary N) is 3. The number of anilines is 2. The molecular formula is C20H27N5O2. The fourth-order valence-corrected chi connectivity index (χ4v) is 3.33. The van der Waals surface area contributed by atoms with Crippen LogP contribution in [0.3, 0.4) is 0 Å². The zero-order valence-corrected chi connectivity index (χ0v) is 15.6. The predicted molar refractivity (Wildman–Crippen MR) is 105 cm³/mol. The number of amides is 3. The molecule has 3 amide bonds. The van der Waals surface area contributed by atoms with Gasteiger partial charge in [-0.15, -0.1) is 0 Å². The number of hydrogen-bond acceptors (Lipinski definition) is 3. The number of benzene rings is 1. The molecule has 1 atom stereocenters. The molecule has 3 rings (SSSR count). The number of carbonyl (C=O) groups is 2. The van der Waals surface area contributed by atoms with Crippen molar-refractivity contribution < 1.29 is 9.59 Å². The lowest BCUT2D eigenvalue weighted by Gasteiger charge is -2.15. The van der Waals surface area contributed by atoms with Gasteiger partial charge in [-0.25, -0.2) is 4.79 Å². The SMILES string of the molecule is C[C@H](CCn1cccn1)NC(=O)Nc1cccc(NC(=O)C2CCCC2)c1. The van der Waals surface area contributed by atoms with E-state index in [9.17, 15) is 9.59 Å². The normalized spacial score (nSPS) is 15.3. The smallest absolute Gasteiger partial charge is 0.319 e. The van der Waals surface area contributed by atoms with Crippen LogP contribution in [0.5, 0.6) is 0 Å². The summed E-state index contributed by atoms with van der Waals surface area (Å²) in [6.07, 6.45) is 8.59. The molecule has 0 radical (unpaired) electrons. The van der Waals surface area contributed by atoms with E-state index < -0.39 is 0 Å². The minimum Gasteiger partial charge on any atom is -0.335 e. The first-order valence-electron chi connectivity index (χ1n) is 9.56. The fraction of sp³-hybridized carbons (Fsp3) is 0.450. The van der Waals surface area contributed by atoms with Crippen molar-refractivity contribution in [3.05, 3.63) is 42.7 Å². The van der Waals surface area contributed by atoms with Gasteiger partial charge < -0.3 is 16.0 Å². The fourth-order valence-electron chi connectivity index (χ4n) is 3.33. The van der Waals surface area contributed by atoms with Crippen molar-refractivity contribution in [2.75, 3.05) is 10.6 Å². The summed E-state index contributed by atoms with van der Waals surface area (Å²) < 4.78 is 1.84. The van der Waals surface area contributed by atoms with Gasteiger partial charge in [0, 0.05) is 42.3 Å². The second kappa shape index (κ2) is 9.21. The Morgan fingerprint density at radius 2 is 1.93 bits per heavy atom. The standard InChI is InChI=1S/C20H27N5O2/c1-15(10-13-25-12-5-11-21-25)22-20(27)24-18-9-4-8-17(14-18)23-19(26)16-6-2-3-7-16/h4-5,8-9,11-12,14-16H,2-3,6-7,10,13H2,1H3,(H,23,26)(H2,22,24,27)/t15-/m1/s1. The van der Waals surface area contributed by atoms with Gasteiger partial charge in [0.15, 0.2) is 0 Å². The summed E-state index contributed by atoms with van der Waals surface area (Å²) in [4.78, 5) is 24.4. The van der Waals surface area contributed by atoms with Crippen LogP contribution in [0.4, 0.5) is 16.2 Å². The highest BCUT2D eigenvalue weighted by Gasteiger charge is 2.22. The van der Waals surface area contributed by atoms with Crippen molar-refractivity contribution in [3.8, 4) is 0 Å². The van der Waals surface area contributed by atoms with E-state index in [1.165, 1.54) is 0 Å². The van der Waals surface area contributed by atoms with E-state index in [0.29, 0.717) is 11.4 Å². The summed E-state index contributed by atoms with van der Waals surface area (Å²) in [5, 5.41) is 12.8. The number of carbonyl (C=O) groups excluding carboxylic acids is 2. The molecule has 2 aromatic rings. The van der Waals surface area contributed by atoms with E-state index in [0.717, 1.165) is 38.6 Å². The molecule has 1 aromatic carbocycles. The predicted octanol–water partition coefficient (Wildman–Crippen LogP) is 3.61. The van der Waals surface area contributed by atoms with E-state index >= 15 is 0 Å². The first kappa shape index (κ1) is 18.9. The summed E-state index contributed by atoms with van der Waals surface area (Å²) >= 11 is 0. The van der Waals surface area contributed by atoms with Crippen LogP contribution in [0.1, 0.15) is 39.0 Å². The average Bonchev–Trinajstić information content (AvgIpc) is 3.34. The van der Waals surface area contributed by atoms with E-state index in [2.05, 4.69) is 21.0 Å². The molecule has 0 aliphatic heterocycles. The van der Waals surface area contributed by atoms with Crippen LogP contribution in [-0.2, 0) is 11.3 Å². The zero-order chi connectivity index (χ0) is 19.1. The molecule has 1 aliphatic rings. The average molecular weight is 369 g/mol. The largest absolute Gasteiger partial charge is 0.335 e. The molecule has 7 nitrogen and oxygen atoms in total. The summed E-state index contributed by atoms with van der Waals surface area (Å²) in [7, 11) is 0. The molecule has 0 unspecified atom stereocenters. The summed E-state index contributed by atoms with van der Waals surface area (Å²) in [6, 6.07) is 8.87. The Hall–Kier alpha value is -2.83. The molecule has 1 saturated carbocycles. The minimum atomic E-state index is -0.262. The van der Waals surface area contributed by atoms with E-state index in [4.69, 9.17) is 0 Å². The molecule has 3 N–H and O–H groups in total. The minimum absolute atomic E-state index is 0.0134. The van der Waals surface area contributed by atoms with Gasteiger partial charge in [-0.1, -0.05) is 18.9 Å². The molecule has 0 saturated heterocycles. The number of aromatic nitrogens is 2. The first-order chi connectivity index (χ1) is 13.1. The van der Waals surface area contributed by atoms with E-state index in [-0.39, 0.29) is 23.9 Å². The Bertz CT molecular complexity index is 753. The Labute approximate surface area is 159 Å². The molecule has 1 aliphatic carbocycles. The third-order valence-electron chi connectivity index (χ3n) is 4.84. The number of urea groups is 1. The maximum absolute atomic E-state index is 12.2. The first-order valence-corrected chi connectivity index (χ1v) is 9.56. The topological polar surface area (TPSA) is 88.1 Å². The maximum Gasteiger partial charge on any atom is 0.319 e. The van der Waals surface area contributed by atoms with Gasteiger partial charge in [0.25, 0.3) is 0 Å². The molecule has 7 heteroatoms. The Kier molecular flexibility index (Phi) is 6.46. The summed E-state index contributed by atoms with van der Waals surface area (Å²) in [6.45, 7) is 2.71. The van der Waals surface area contributed by atoms with Crippen LogP contribution in [0.2, 0.25) is 0 Å². The highest BCUT2D eigenvalue weighted by Crippen LogP contribution is 2.26. The lowest BCUT2D eigenvalue weighted by Crippen LogP contribution is -2.36. The Morgan fingerprint density at radius 3 is 2.63 bits per heavy atom. The third-order valence-corrected chi connectivity index (χ3v) is 4.84. The van der Waals surface area contributed by atoms with Crippen molar-refractivity contribution in [1.29, 1.82) is 0 Å². The molecule has 0 bridgehead atoms. The van der Waals surface area contributed by atoms with Crippen molar-refractivity contribution in [1.82, 2.24) is 15.1 Å². The van der Waals surface area contributed by atoms with E-state index in [1.54, 1.807) is 18.3 Å². The van der Waals surface area contributed by atoms with E-state index in [1.807, 2.05) is 36.0 Å². The number of rotatable bonds is 7. The van der Waals surface area contributed by atoms with Crippen LogP contribution in [0.15, 0.2) is 42.7 Å². The molecule has 27 heavy (non-hydrogen) atoms. The lowest BCUT2D eigenvalue weighted by atomic mass is 10.1. The highest BCUT2D eigenvalue weighted by atomic mass is 16.2. The van der Waals surface area contributed by atoms with Gasteiger partial charge in [0.05, 0.1) is 0 Å². The second-order valence-corrected chi connectivity index (χ2v) is 7.11. The van der Waals surface area contributed by atoms with Gasteiger partial charge in [0.2, 0.25) is 5.91 Å². The van der Waals surface area contributed by atoms with Crippen molar-refractivity contribution in [3.63, 3.8) is 0 Å². The van der Waals surface area contributed by atoms with Gasteiger partial charge in [0.1, 0.15) is 0 Å². The molecule has 144 valence electrons. The van der Waals surface area contributed by atoms with Crippen molar-refractivity contribution in [2.45, 2.75) is 51.6 Å². The van der Waals surface area contributed by atoms with Crippen molar-refractivity contribution >= 4 is 23.3 Å². The quantitative estimate of drug-likeness (QED) is 0.696. The zero-order valence-electron chi connectivity index (χ0n) is 15.6. The number of hydrogen-bond donors (Lipinski definition) is 3. The van der Waals surface area contributed by atoms with Gasteiger partial charge in [-0.3, -0.25) is 9.48 Å². The van der Waals surface area contributed by atoms with Crippen LogP contribution >= 0.6 is 0 Å². The van der Waals surface area contributed by atoms with Crippen LogP contribution in [0.25, 0.3) is 0 Å². The monoisotopic (exact) mass is 369 g/mol. The molecule has 1 aromatic heterocycles. The number of nitrogens with zero attached hydrogens (tertiary/aromatic N) is 2. The van der Waals surface area contributed by atoms with Gasteiger partial charge >= 0.3 is 6.03 Å². The molecule has 0 spiro atoms. The summed E-state index contributed by atoms with van der Waals surface area (Å²) in [5.74, 6) is 0.182. The van der Waals surface area contributed by atoms with Crippen LogP contribution in [-0.4, -0.2) is 27.8 Å². The number of aryl methyl sites for hydroxylation is 1. The molecule has 1 heterocycles.